The molecule has 1 saturated heterocycles. The van der Waals surface area contributed by atoms with Crippen LogP contribution in [0.2, 0.25) is 5.02 Å². The van der Waals surface area contributed by atoms with Crippen molar-refractivity contribution in [1.29, 1.82) is 0 Å². The highest BCUT2D eigenvalue weighted by Crippen LogP contribution is 2.19. The van der Waals surface area contributed by atoms with Crippen LogP contribution >= 0.6 is 34.3 Å². The lowest BCUT2D eigenvalue weighted by Crippen LogP contribution is -2.48. The third kappa shape index (κ3) is 4.91. The zero-order chi connectivity index (χ0) is 19.3. The number of aromatic nitrogens is 1. The minimum absolute atomic E-state index is 0.00441. The smallest absolute Gasteiger partial charge is 0.273 e. The van der Waals surface area contributed by atoms with E-state index in [1.807, 2.05) is 22.4 Å². The predicted molar refractivity (Wildman–Crippen MR) is 113 cm³/mol. The van der Waals surface area contributed by atoms with Gasteiger partial charge in [-0.05, 0) is 35.7 Å². The summed E-state index contributed by atoms with van der Waals surface area (Å²) in [6.07, 6.45) is 0. The maximum atomic E-state index is 12.7. The number of carbonyl (C=O) groups excluding carboxylic acids is 1. The monoisotopic (exact) mass is 433 g/mol. The van der Waals surface area contributed by atoms with Crippen molar-refractivity contribution >= 4 is 40.2 Å². The Hall–Kier alpha value is -1.93. The van der Waals surface area contributed by atoms with Crippen LogP contribution in [-0.4, -0.2) is 46.9 Å². The normalized spacial score (nSPS) is 15.0. The second kappa shape index (κ2) is 9.05. The molecule has 4 rings (SSSR count). The molecule has 0 atom stereocenters. The lowest BCUT2D eigenvalue weighted by atomic mass is 10.2. The number of amides is 1. The average Bonchev–Trinajstić information content (AvgIpc) is 3.40. The first-order valence-electron chi connectivity index (χ1n) is 9.04. The van der Waals surface area contributed by atoms with Gasteiger partial charge in [0.05, 0.1) is 0 Å². The van der Waals surface area contributed by atoms with E-state index in [0.717, 1.165) is 43.5 Å². The first-order valence-corrected chi connectivity index (χ1v) is 11.2. The van der Waals surface area contributed by atoms with E-state index in [4.69, 9.17) is 16.3 Å². The Balaban J connectivity index is 1.27. The van der Waals surface area contributed by atoms with Gasteiger partial charge in [0.15, 0.2) is 0 Å². The van der Waals surface area contributed by atoms with E-state index >= 15 is 0 Å². The molecule has 0 unspecified atom stereocenters. The molecule has 0 aliphatic carbocycles. The van der Waals surface area contributed by atoms with Crippen molar-refractivity contribution < 1.29 is 9.53 Å². The molecule has 0 saturated carbocycles. The van der Waals surface area contributed by atoms with Gasteiger partial charge in [-0.15, -0.1) is 22.7 Å². The SMILES string of the molecule is O=C(c1csc(COc2ccc(Cl)cc2)n1)N1CCN(Cc2cccs2)CC1. The topological polar surface area (TPSA) is 45.7 Å². The number of thiophene rings is 1. The van der Waals surface area contributed by atoms with Crippen molar-refractivity contribution in [2.75, 3.05) is 26.2 Å². The number of carbonyl (C=O) groups is 1. The summed E-state index contributed by atoms with van der Waals surface area (Å²) in [5.41, 5.74) is 0.506. The van der Waals surface area contributed by atoms with Crippen molar-refractivity contribution in [1.82, 2.24) is 14.8 Å². The lowest BCUT2D eigenvalue weighted by Gasteiger charge is -2.34. The number of nitrogens with zero attached hydrogens (tertiary/aromatic N) is 3. The lowest BCUT2D eigenvalue weighted by molar-refractivity contribution is 0.0624. The van der Waals surface area contributed by atoms with Crippen molar-refractivity contribution in [2.45, 2.75) is 13.2 Å². The van der Waals surface area contributed by atoms with E-state index in [0.29, 0.717) is 17.3 Å². The fraction of sp³-hybridized carbons (Fsp3) is 0.300. The Morgan fingerprint density at radius 1 is 1.11 bits per heavy atom. The molecule has 2 aromatic heterocycles. The summed E-state index contributed by atoms with van der Waals surface area (Å²) in [4.78, 5) is 22.9. The van der Waals surface area contributed by atoms with Gasteiger partial charge in [0.2, 0.25) is 0 Å². The maximum absolute atomic E-state index is 12.7. The van der Waals surface area contributed by atoms with Gasteiger partial charge in [0, 0.05) is 48.0 Å². The molecule has 146 valence electrons. The van der Waals surface area contributed by atoms with E-state index in [2.05, 4.69) is 27.4 Å². The second-order valence-corrected chi connectivity index (χ2v) is 8.93. The zero-order valence-electron chi connectivity index (χ0n) is 15.2. The summed E-state index contributed by atoms with van der Waals surface area (Å²) >= 11 is 9.10. The van der Waals surface area contributed by atoms with Crippen molar-refractivity contribution in [3.8, 4) is 5.75 Å². The molecule has 1 aromatic carbocycles. The summed E-state index contributed by atoms with van der Waals surface area (Å²) in [7, 11) is 0. The van der Waals surface area contributed by atoms with Gasteiger partial charge in [-0.25, -0.2) is 4.98 Å². The molecule has 1 fully saturated rings. The highest BCUT2D eigenvalue weighted by atomic mass is 35.5. The number of hydrogen-bond donors (Lipinski definition) is 0. The predicted octanol–water partition coefficient (Wildman–Crippen LogP) is 4.40. The summed E-state index contributed by atoms with van der Waals surface area (Å²) < 4.78 is 5.71. The van der Waals surface area contributed by atoms with Crippen molar-refractivity contribution in [3.63, 3.8) is 0 Å². The molecule has 1 amide bonds. The van der Waals surface area contributed by atoms with Gasteiger partial charge in [-0.1, -0.05) is 17.7 Å². The maximum Gasteiger partial charge on any atom is 0.273 e. The molecule has 5 nitrogen and oxygen atoms in total. The molecule has 8 heteroatoms. The Morgan fingerprint density at radius 3 is 2.61 bits per heavy atom. The van der Waals surface area contributed by atoms with Gasteiger partial charge in [-0.2, -0.15) is 0 Å². The first kappa shape index (κ1) is 19.4. The number of thiazole rings is 1. The Kier molecular flexibility index (Phi) is 6.26. The number of halogens is 1. The van der Waals surface area contributed by atoms with E-state index < -0.39 is 0 Å². The van der Waals surface area contributed by atoms with Gasteiger partial charge in [0.25, 0.3) is 5.91 Å². The molecule has 3 aromatic rings. The van der Waals surface area contributed by atoms with Crippen LogP contribution in [0.25, 0.3) is 0 Å². The molecule has 0 N–H and O–H groups in total. The molecule has 1 aliphatic rings. The minimum Gasteiger partial charge on any atom is -0.486 e. The number of benzene rings is 1. The summed E-state index contributed by atoms with van der Waals surface area (Å²) in [6, 6.07) is 11.4. The molecular weight excluding hydrogens is 414 g/mol. The highest BCUT2D eigenvalue weighted by molar-refractivity contribution is 7.10. The molecule has 0 radical (unpaired) electrons. The number of ether oxygens (including phenoxy) is 1. The van der Waals surface area contributed by atoms with Crippen LogP contribution in [0.15, 0.2) is 47.2 Å². The molecule has 1 aliphatic heterocycles. The van der Waals surface area contributed by atoms with E-state index in [1.165, 1.54) is 16.2 Å². The minimum atomic E-state index is 0.00441. The van der Waals surface area contributed by atoms with E-state index in [9.17, 15) is 4.79 Å². The number of hydrogen-bond acceptors (Lipinski definition) is 6. The molecule has 0 spiro atoms. The molecule has 3 heterocycles. The summed E-state index contributed by atoms with van der Waals surface area (Å²) in [5.74, 6) is 0.735. The van der Waals surface area contributed by atoms with Gasteiger partial charge in [0.1, 0.15) is 23.1 Å². The van der Waals surface area contributed by atoms with Crippen LogP contribution in [0.1, 0.15) is 20.4 Å². The van der Waals surface area contributed by atoms with E-state index in [1.54, 1.807) is 23.5 Å². The van der Waals surface area contributed by atoms with Crippen LogP contribution in [0, 0.1) is 0 Å². The Bertz CT molecular complexity index is 904. The Labute approximate surface area is 177 Å². The molecule has 28 heavy (non-hydrogen) atoms. The largest absolute Gasteiger partial charge is 0.486 e. The van der Waals surface area contributed by atoms with Crippen molar-refractivity contribution in [2.24, 2.45) is 0 Å². The van der Waals surface area contributed by atoms with Crippen molar-refractivity contribution in [3.05, 3.63) is 67.8 Å². The Morgan fingerprint density at radius 2 is 1.89 bits per heavy atom. The van der Waals surface area contributed by atoms with Crippen LogP contribution in [-0.2, 0) is 13.2 Å². The first-order chi connectivity index (χ1) is 13.7. The fourth-order valence-electron chi connectivity index (χ4n) is 3.05. The number of piperazine rings is 1. The standard InChI is InChI=1S/C20H20ClN3O2S2/c21-15-3-5-16(6-4-15)26-13-19-22-18(14-28-19)20(25)24-9-7-23(8-10-24)12-17-2-1-11-27-17/h1-6,11,14H,7-10,12-13H2. The van der Waals surface area contributed by atoms with Gasteiger partial charge in [-0.3, -0.25) is 9.69 Å². The summed E-state index contributed by atoms with van der Waals surface area (Å²) in [5, 5.41) is 5.38. The fourth-order valence-corrected chi connectivity index (χ4v) is 4.60. The van der Waals surface area contributed by atoms with Gasteiger partial charge < -0.3 is 9.64 Å². The highest BCUT2D eigenvalue weighted by Gasteiger charge is 2.24. The van der Waals surface area contributed by atoms with E-state index in [-0.39, 0.29) is 5.91 Å². The quantitative estimate of drug-likeness (QED) is 0.578. The van der Waals surface area contributed by atoms with Crippen LogP contribution in [0.4, 0.5) is 0 Å². The third-order valence-corrected chi connectivity index (χ3v) is 6.50. The van der Waals surface area contributed by atoms with Crippen LogP contribution in [0.5, 0.6) is 5.75 Å². The summed E-state index contributed by atoms with van der Waals surface area (Å²) in [6.45, 7) is 4.55. The molecule has 0 bridgehead atoms. The average molecular weight is 434 g/mol. The second-order valence-electron chi connectivity index (χ2n) is 6.52. The van der Waals surface area contributed by atoms with Crippen LogP contribution in [0.3, 0.4) is 0 Å². The third-order valence-electron chi connectivity index (χ3n) is 4.57. The van der Waals surface area contributed by atoms with Gasteiger partial charge >= 0.3 is 0 Å². The zero-order valence-corrected chi connectivity index (χ0v) is 17.6. The van der Waals surface area contributed by atoms with Crippen LogP contribution < -0.4 is 4.74 Å². The number of rotatable bonds is 6. The molecular formula is C20H20ClN3O2S2.